The molecule has 3 nitrogen and oxygen atoms in total. The Kier molecular flexibility index (Phi) is 4.94. The predicted octanol–water partition coefficient (Wildman–Crippen LogP) is 2.38. The van der Waals surface area contributed by atoms with Crippen LogP contribution in [0.25, 0.3) is 0 Å². The lowest BCUT2D eigenvalue weighted by Crippen LogP contribution is -2.47. The molecule has 2 aliphatic heterocycles. The van der Waals surface area contributed by atoms with E-state index in [0.29, 0.717) is 6.04 Å². The van der Waals surface area contributed by atoms with Gasteiger partial charge in [0.05, 0.1) is 0 Å². The molecular weight excluding hydrogens is 270 g/mol. The first-order valence-corrected chi connectivity index (χ1v) is 8.13. The number of likely N-dealkylation sites (tertiary alicyclic amines) is 1. The van der Waals surface area contributed by atoms with Crippen molar-refractivity contribution < 1.29 is 0 Å². The van der Waals surface area contributed by atoms with Crippen LogP contribution in [0.5, 0.6) is 0 Å². The summed E-state index contributed by atoms with van der Waals surface area (Å²) < 4.78 is 0. The van der Waals surface area contributed by atoms with E-state index in [1.807, 2.05) is 6.07 Å². The van der Waals surface area contributed by atoms with E-state index in [1.54, 1.807) is 0 Å². The van der Waals surface area contributed by atoms with Crippen LogP contribution >= 0.6 is 11.6 Å². The van der Waals surface area contributed by atoms with Gasteiger partial charge in [0.2, 0.25) is 0 Å². The van der Waals surface area contributed by atoms with E-state index in [0.717, 1.165) is 37.7 Å². The molecular formula is C16H24ClN3. The summed E-state index contributed by atoms with van der Waals surface area (Å²) >= 11 is 6.20. The van der Waals surface area contributed by atoms with Gasteiger partial charge < -0.3 is 10.2 Å². The van der Waals surface area contributed by atoms with E-state index in [-0.39, 0.29) is 0 Å². The summed E-state index contributed by atoms with van der Waals surface area (Å²) in [6.07, 6.45) is 2.70. The van der Waals surface area contributed by atoms with Crippen molar-refractivity contribution in [3.63, 3.8) is 0 Å². The molecule has 2 fully saturated rings. The lowest BCUT2D eigenvalue weighted by atomic mass is 10.0. The van der Waals surface area contributed by atoms with Gasteiger partial charge in [0.1, 0.15) is 0 Å². The first-order chi connectivity index (χ1) is 9.83. The number of benzene rings is 1. The lowest BCUT2D eigenvalue weighted by Gasteiger charge is -2.37. The molecule has 0 spiro atoms. The number of hydrogen-bond donors (Lipinski definition) is 1. The summed E-state index contributed by atoms with van der Waals surface area (Å²) in [6.45, 7) is 8.09. The highest BCUT2D eigenvalue weighted by Crippen LogP contribution is 2.26. The highest BCUT2D eigenvalue weighted by atomic mass is 35.5. The molecule has 0 bridgehead atoms. The van der Waals surface area contributed by atoms with Crippen LogP contribution in [-0.4, -0.2) is 55.6 Å². The van der Waals surface area contributed by atoms with Crippen LogP contribution < -0.4 is 5.32 Å². The quantitative estimate of drug-likeness (QED) is 0.919. The maximum Gasteiger partial charge on any atom is 0.0476 e. The zero-order valence-electron chi connectivity index (χ0n) is 12.0. The number of halogens is 1. The van der Waals surface area contributed by atoms with Gasteiger partial charge in [0, 0.05) is 43.8 Å². The third-order valence-electron chi connectivity index (χ3n) is 4.46. The van der Waals surface area contributed by atoms with Crippen molar-refractivity contribution in [2.24, 2.45) is 0 Å². The van der Waals surface area contributed by atoms with Gasteiger partial charge in [-0.05, 0) is 43.6 Å². The molecule has 2 heterocycles. The summed E-state index contributed by atoms with van der Waals surface area (Å²) in [7, 11) is 0. The largest absolute Gasteiger partial charge is 0.314 e. The van der Waals surface area contributed by atoms with E-state index < -0.39 is 0 Å². The van der Waals surface area contributed by atoms with Gasteiger partial charge in [-0.1, -0.05) is 23.7 Å². The second kappa shape index (κ2) is 6.90. The number of hydrogen-bond acceptors (Lipinski definition) is 3. The van der Waals surface area contributed by atoms with Crippen molar-refractivity contribution >= 4 is 11.6 Å². The minimum absolute atomic E-state index is 0.480. The normalized spacial score (nSPS) is 23.1. The topological polar surface area (TPSA) is 18.5 Å². The van der Waals surface area contributed by atoms with Gasteiger partial charge in [-0.3, -0.25) is 4.90 Å². The zero-order chi connectivity index (χ0) is 13.8. The van der Waals surface area contributed by atoms with Crippen molar-refractivity contribution in [1.82, 2.24) is 15.1 Å². The summed E-state index contributed by atoms with van der Waals surface area (Å²) in [5.41, 5.74) is 1.37. The smallest absolute Gasteiger partial charge is 0.0476 e. The molecule has 0 amide bonds. The Morgan fingerprint density at radius 3 is 2.55 bits per heavy atom. The average Bonchev–Trinajstić information content (AvgIpc) is 2.99. The Balaban J connectivity index is 1.77. The Morgan fingerprint density at radius 1 is 1.10 bits per heavy atom. The van der Waals surface area contributed by atoms with Crippen molar-refractivity contribution in [2.75, 3.05) is 45.8 Å². The molecule has 2 saturated heterocycles. The van der Waals surface area contributed by atoms with Crippen LogP contribution in [0.1, 0.15) is 24.4 Å². The average molecular weight is 294 g/mol. The van der Waals surface area contributed by atoms with E-state index in [1.165, 1.54) is 31.5 Å². The second-order valence-corrected chi connectivity index (χ2v) is 6.30. The van der Waals surface area contributed by atoms with E-state index in [4.69, 9.17) is 11.6 Å². The molecule has 2 aliphatic rings. The number of nitrogens with one attached hydrogen (secondary N) is 1. The zero-order valence-corrected chi connectivity index (χ0v) is 12.8. The van der Waals surface area contributed by atoms with Crippen LogP contribution in [0, 0.1) is 0 Å². The highest BCUT2D eigenvalue weighted by Gasteiger charge is 2.25. The van der Waals surface area contributed by atoms with Crippen LogP contribution in [-0.2, 0) is 0 Å². The summed E-state index contributed by atoms with van der Waals surface area (Å²) in [5.74, 6) is 0. The molecule has 1 N–H and O–H groups in total. The van der Waals surface area contributed by atoms with Gasteiger partial charge in [-0.25, -0.2) is 0 Å². The van der Waals surface area contributed by atoms with E-state index in [9.17, 15) is 0 Å². The van der Waals surface area contributed by atoms with E-state index in [2.05, 4.69) is 33.3 Å². The standard InChI is InChI=1S/C16H24ClN3/c17-15-5-3-4-14(12-15)16(13-19-8-1-2-9-19)20-10-6-18-7-11-20/h3-5,12,16,18H,1-2,6-11,13H2. The Morgan fingerprint density at radius 2 is 1.85 bits per heavy atom. The molecule has 1 unspecified atom stereocenters. The second-order valence-electron chi connectivity index (χ2n) is 5.86. The number of nitrogens with zero attached hydrogens (tertiary/aromatic N) is 2. The number of piperazine rings is 1. The van der Waals surface area contributed by atoms with Gasteiger partial charge in [0.15, 0.2) is 0 Å². The third-order valence-corrected chi connectivity index (χ3v) is 4.69. The molecule has 0 radical (unpaired) electrons. The van der Waals surface area contributed by atoms with Gasteiger partial charge in [0.25, 0.3) is 0 Å². The van der Waals surface area contributed by atoms with Crippen molar-refractivity contribution in [2.45, 2.75) is 18.9 Å². The molecule has 0 aromatic heterocycles. The van der Waals surface area contributed by atoms with Gasteiger partial charge in [-0.2, -0.15) is 0 Å². The first kappa shape index (κ1) is 14.3. The number of rotatable bonds is 4. The van der Waals surface area contributed by atoms with Crippen molar-refractivity contribution in [3.05, 3.63) is 34.9 Å². The highest BCUT2D eigenvalue weighted by molar-refractivity contribution is 6.30. The molecule has 20 heavy (non-hydrogen) atoms. The van der Waals surface area contributed by atoms with E-state index >= 15 is 0 Å². The fraction of sp³-hybridized carbons (Fsp3) is 0.625. The monoisotopic (exact) mass is 293 g/mol. The molecule has 3 rings (SSSR count). The fourth-order valence-electron chi connectivity index (χ4n) is 3.35. The molecule has 0 saturated carbocycles. The van der Waals surface area contributed by atoms with Crippen LogP contribution in [0.15, 0.2) is 24.3 Å². The third kappa shape index (κ3) is 3.53. The van der Waals surface area contributed by atoms with Crippen molar-refractivity contribution in [1.29, 1.82) is 0 Å². The van der Waals surface area contributed by atoms with Crippen LogP contribution in [0.4, 0.5) is 0 Å². The maximum absolute atomic E-state index is 6.20. The van der Waals surface area contributed by atoms with Crippen molar-refractivity contribution in [3.8, 4) is 0 Å². The summed E-state index contributed by atoms with van der Waals surface area (Å²) in [4.78, 5) is 5.22. The van der Waals surface area contributed by atoms with Crippen LogP contribution in [0.3, 0.4) is 0 Å². The van der Waals surface area contributed by atoms with Gasteiger partial charge in [-0.15, -0.1) is 0 Å². The fourth-order valence-corrected chi connectivity index (χ4v) is 3.55. The molecule has 1 atom stereocenters. The summed E-state index contributed by atoms with van der Waals surface area (Å²) in [6, 6.07) is 8.90. The maximum atomic E-state index is 6.20. The minimum atomic E-state index is 0.480. The van der Waals surface area contributed by atoms with Gasteiger partial charge >= 0.3 is 0 Å². The Bertz CT molecular complexity index is 425. The molecule has 0 aliphatic carbocycles. The first-order valence-electron chi connectivity index (χ1n) is 7.75. The Labute approximate surface area is 126 Å². The summed E-state index contributed by atoms with van der Waals surface area (Å²) in [5, 5.41) is 4.30. The molecule has 110 valence electrons. The lowest BCUT2D eigenvalue weighted by molar-refractivity contribution is 0.135. The molecule has 4 heteroatoms. The molecule has 1 aromatic carbocycles. The van der Waals surface area contributed by atoms with Crippen LogP contribution in [0.2, 0.25) is 5.02 Å². The minimum Gasteiger partial charge on any atom is -0.314 e. The Hall–Kier alpha value is -0.610. The SMILES string of the molecule is Clc1cccc(C(CN2CCCC2)N2CCNCC2)c1. The predicted molar refractivity (Wildman–Crippen MR) is 84.3 cm³/mol. The molecule has 1 aromatic rings.